The highest BCUT2D eigenvalue weighted by Gasteiger charge is 2.40. The van der Waals surface area contributed by atoms with E-state index in [9.17, 15) is 24.0 Å². The molecule has 3 aromatic carbocycles. The van der Waals surface area contributed by atoms with Gasteiger partial charge in [0.05, 0.1) is 33.6 Å². The van der Waals surface area contributed by atoms with Gasteiger partial charge in [-0.15, -0.1) is 0 Å². The van der Waals surface area contributed by atoms with Crippen LogP contribution in [0.4, 0.5) is 11.4 Å². The number of amides is 5. The second-order valence-electron chi connectivity index (χ2n) is 7.30. The molecule has 8 heteroatoms. The highest BCUT2D eigenvalue weighted by Crippen LogP contribution is 2.33. The molecule has 5 amide bonds. The molecule has 2 aliphatic heterocycles. The van der Waals surface area contributed by atoms with E-state index in [0.29, 0.717) is 5.69 Å². The van der Waals surface area contributed by atoms with E-state index in [0.717, 1.165) is 9.80 Å². The molecule has 1 N–H and O–H groups in total. The van der Waals surface area contributed by atoms with E-state index in [2.05, 4.69) is 5.32 Å². The number of imide groups is 2. The number of fused-ring (bicyclic) bond motifs is 2. The molecule has 2 heterocycles. The van der Waals surface area contributed by atoms with Crippen LogP contribution in [0.15, 0.2) is 72.8 Å². The van der Waals surface area contributed by atoms with Gasteiger partial charge in [-0.1, -0.05) is 36.4 Å². The fourth-order valence-corrected chi connectivity index (χ4v) is 3.92. The fraction of sp³-hybridized carbons (Fsp3) is 0.0417. The maximum atomic E-state index is 13.0. The molecular formula is C24H15N3O5. The van der Waals surface area contributed by atoms with Gasteiger partial charge in [-0.25, -0.2) is 4.90 Å². The summed E-state index contributed by atoms with van der Waals surface area (Å²) in [5.41, 5.74) is 1.27. The monoisotopic (exact) mass is 425 g/mol. The summed E-state index contributed by atoms with van der Waals surface area (Å²) in [6.45, 7) is -0.513. The van der Waals surface area contributed by atoms with E-state index in [1.54, 1.807) is 48.5 Å². The molecule has 0 unspecified atom stereocenters. The molecule has 156 valence electrons. The van der Waals surface area contributed by atoms with E-state index in [1.807, 2.05) is 0 Å². The molecule has 0 radical (unpaired) electrons. The van der Waals surface area contributed by atoms with Crippen molar-refractivity contribution in [2.75, 3.05) is 16.8 Å². The lowest BCUT2D eigenvalue weighted by molar-refractivity contribution is -0.116. The first-order chi connectivity index (χ1) is 15.5. The maximum absolute atomic E-state index is 13.0. The Bertz CT molecular complexity index is 1300. The number of nitrogens with zero attached hydrogens (tertiary/aromatic N) is 2. The van der Waals surface area contributed by atoms with E-state index in [4.69, 9.17) is 0 Å². The molecule has 5 rings (SSSR count). The summed E-state index contributed by atoms with van der Waals surface area (Å²) in [5, 5.41) is 2.58. The standard InChI is InChI=1S/C24H15N3O5/c28-19(13-26-21(29)15-9-4-5-10-16(15)22(26)30)25-18-12-6-11-17-20(18)24(32)27(23(17)31)14-7-2-1-3-8-14/h1-12H,13H2,(H,25,28). The third-order valence-corrected chi connectivity index (χ3v) is 5.38. The van der Waals surface area contributed by atoms with Gasteiger partial charge in [-0.2, -0.15) is 0 Å². The van der Waals surface area contributed by atoms with Crippen LogP contribution in [0.5, 0.6) is 0 Å². The van der Waals surface area contributed by atoms with Crippen LogP contribution in [-0.4, -0.2) is 41.0 Å². The van der Waals surface area contributed by atoms with Crippen molar-refractivity contribution < 1.29 is 24.0 Å². The normalized spacial score (nSPS) is 14.6. The molecule has 0 aliphatic carbocycles. The topological polar surface area (TPSA) is 104 Å². The third-order valence-electron chi connectivity index (χ3n) is 5.38. The largest absolute Gasteiger partial charge is 0.324 e. The van der Waals surface area contributed by atoms with Crippen LogP contribution >= 0.6 is 0 Å². The Morgan fingerprint density at radius 3 is 1.91 bits per heavy atom. The van der Waals surface area contributed by atoms with Crippen LogP contribution in [0.3, 0.4) is 0 Å². The van der Waals surface area contributed by atoms with Gasteiger partial charge in [0.15, 0.2) is 0 Å². The van der Waals surface area contributed by atoms with Gasteiger partial charge in [-0.3, -0.25) is 28.9 Å². The van der Waals surface area contributed by atoms with Crippen molar-refractivity contribution in [3.8, 4) is 0 Å². The zero-order valence-electron chi connectivity index (χ0n) is 16.6. The number of carbonyl (C=O) groups excluding carboxylic acids is 5. The zero-order chi connectivity index (χ0) is 22.4. The molecule has 0 saturated carbocycles. The van der Waals surface area contributed by atoms with Crippen molar-refractivity contribution >= 4 is 40.9 Å². The third kappa shape index (κ3) is 2.89. The number of anilines is 2. The summed E-state index contributed by atoms with van der Waals surface area (Å²) in [5.74, 6) is -2.83. The van der Waals surface area contributed by atoms with Crippen molar-refractivity contribution in [1.29, 1.82) is 0 Å². The Hall–Kier alpha value is -4.59. The molecule has 3 aromatic rings. The molecule has 0 fully saturated rings. The van der Waals surface area contributed by atoms with Crippen LogP contribution in [0.25, 0.3) is 0 Å². The Kier molecular flexibility index (Phi) is 4.41. The summed E-state index contributed by atoms with van der Waals surface area (Å²) >= 11 is 0. The van der Waals surface area contributed by atoms with Gasteiger partial charge in [0, 0.05) is 0 Å². The number of para-hydroxylation sites is 1. The van der Waals surface area contributed by atoms with Gasteiger partial charge in [0.2, 0.25) is 5.91 Å². The van der Waals surface area contributed by atoms with E-state index < -0.39 is 36.1 Å². The van der Waals surface area contributed by atoms with Gasteiger partial charge in [-0.05, 0) is 36.4 Å². The van der Waals surface area contributed by atoms with Crippen LogP contribution in [-0.2, 0) is 4.79 Å². The summed E-state index contributed by atoms with van der Waals surface area (Å²) in [7, 11) is 0. The quantitative estimate of drug-likeness (QED) is 0.648. The van der Waals surface area contributed by atoms with Gasteiger partial charge in [0.1, 0.15) is 6.54 Å². The van der Waals surface area contributed by atoms with Crippen molar-refractivity contribution in [3.63, 3.8) is 0 Å². The van der Waals surface area contributed by atoms with Crippen LogP contribution < -0.4 is 10.2 Å². The van der Waals surface area contributed by atoms with Crippen molar-refractivity contribution in [2.24, 2.45) is 0 Å². The molecule has 0 bridgehead atoms. The number of nitrogens with one attached hydrogen (secondary N) is 1. The lowest BCUT2D eigenvalue weighted by Crippen LogP contribution is -2.37. The predicted octanol–water partition coefficient (Wildman–Crippen LogP) is 2.72. The number of rotatable bonds is 4. The first-order valence-corrected chi connectivity index (χ1v) is 9.79. The molecule has 0 saturated heterocycles. The van der Waals surface area contributed by atoms with Gasteiger partial charge >= 0.3 is 0 Å². The average Bonchev–Trinajstić information content (AvgIpc) is 3.20. The number of hydrogen-bond donors (Lipinski definition) is 1. The minimum Gasteiger partial charge on any atom is -0.324 e. The molecular weight excluding hydrogens is 410 g/mol. The number of hydrogen-bond acceptors (Lipinski definition) is 5. The number of carbonyl (C=O) groups is 5. The molecule has 2 aliphatic rings. The molecule has 0 aromatic heterocycles. The number of benzene rings is 3. The lowest BCUT2D eigenvalue weighted by atomic mass is 10.1. The van der Waals surface area contributed by atoms with E-state index >= 15 is 0 Å². The molecule has 0 atom stereocenters. The van der Waals surface area contributed by atoms with E-state index in [-0.39, 0.29) is 27.9 Å². The smallest absolute Gasteiger partial charge is 0.268 e. The minimum absolute atomic E-state index is 0.0667. The highest BCUT2D eigenvalue weighted by molar-refractivity contribution is 6.36. The lowest BCUT2D eigenvalue weighted by Gasteiger charge is -2.15. The van der Waals surface area contributed by atoms with Crippen LogP contribution in [0.2, 0.25) is 0 Å². The average molecular weight is 425 g/mol. The fourth-order valence-electron chi connectivity index (χ4n) is 3.92. The first kappa shape index (κ1) is 19.4. The molecule has 32 heavy (non-hydrogen) atoms. The summed E-state index contributed by atoms with van der Waals surface area (Å²) in [6, 6.07) is 19.4. The zero-order valence-corrected chi connectivity index (χ0v) is 16.6. The Labute approximate surface area is 182 Å². The molecule has 8 nitrogen and oxygen atoms in total. The second kappa shape index (κ2) is 7.28. The van der Waals surface area contributed by atoms with Crippen molar-refractivity contribution in [2.45, 2.75) is 0 Å². The van der Waals surface area contributed by atoms with Crippen LogP contribution in [0, 0.1) is 0 Å². The Morgan fingerprint density at radius 2 is 1.25 bits per heavy atom. The summed E-state index contributed by atoms with van der Waals surface area (Å²) < 4.78 is 0. The summed E-state index contributed by atoms with van der Waals surface area (Å²) in [6.07, 6.45) is 0. The van der Waals surface area contributed by atoms with Gasteiger partial charge < -0.3 is 5.32 Å². The van der Waals surface area contributed by atoms with Gasteiger partial charge in [0.25, 0.3) is 23.6 Å². The first-order valence-electron chi connectivity index (χ1n) is 9.79. The van der Waals surface area contributed by atoms with Crippen LogP contribution in [0.1, 0.15) is 41.4 Å². The minimum atomic E-state index is -0.661. The van der Waals surface area contributed by atoms with E-state index in [1.165, 1.54) is 24.3 Å². The summed E-state index contributed by atoms with van der Waals surface area (Å²) in [4.78, 5) is 65.5. The molecule has 0 spiro atoms. The van der Waals surface area contributed by atoms with Crippen molar-refractivity contribution in [3.05, 3.63) is 95.1 Å². The highest BCUT2D eigenvalue weighted by atomic mass is 16.2. The SMILES string of the molecule is O=C(CN1C(=O)c2ccccc2C1=O)Nc1cccc2c1C(=O)N(c1ccccc1)C2=O. The second-order valence-corrected chi connectivity index (χ2v) is 7.30. The predicted molar refractivity (Wildman–Crippen MR) is 114 cm³/mol. The maximum Gasteiger partial charge on any atom is 0.268 e. The Morgan fingerprint density at radius 1 is 0.656 bits per heavy atom. The van der Waals surface area contributed by atoms with Crippen molar-refractivity contribution in [1.82, 2.24) is 4.90 Å². The Balaban J connectivity index is 1.39.